The summed E-state index contributed by atoms with van der Waals surface area (Å²) in [6, 6.07) is 15.7. The smallest absolute Gasteiger partial charge is 0.123 e. The Bertz CT molecular complexity index is 620. The zero-order chi connectivity index (χ0) is 13.7. The standard InChI is InChI=1S/C15H13IN2O/c1-19-15-7-6-11(9-17)8-12(15)10-18-14-5-3-2-4-13(14)16/h2-8,18H,10H2,1H3. The maximum absolute atomic E-state index is 8.94. The fourth-order valence-corrected chi connectivity index (χ4v) is 2.36. The molecule has 0 fully saturated rings. The monoisotopic (exact) mass is 364 g/mol. The maximum Gasteiger partial charge on any atom is 0.123 e. The molecular weight excluding hydrogens is 351 g/mol. The Hall–Kier alpha value is -1.74. The zero-order valence-corrected chi connectivity index (χ0v) is 12.6. The third kappa shape index (κ3) is 3.38. The lowest BCUT2D eigenvalue weighted by molar-refractivity contribution is 0.410. The van der Waals surface area contributed by atoms with Crippen LogP contribution in [0.25, 0.3) is 0 Å². The second kappa shape index (κ2) is 6.43. The Morgan fingerprint density at radius 1 is 1.26 bits per heavy atom. The number of halogens is 1. The first-order valence-electron chi connectivity index (χ1n) is 5.80. The molecule has 2 aromatic rings. The third-order valence-electron chi connectivity index (χ3n) is 2.75. The Balaban J connectivity index is 2.19. The van der Waals surface area contributed by atoms with Crippen molar-refractivity contribution >= 4 is 28.3 Å². The van der Waals surface area contributed by atoms with Gasteiger partial charge in [0.05, 0.1) is 18.7 Å². The summed E-state index contributed by atoms with van der Waals surface area (Å²) in [5.74, 6) is 0.789. The van der Waals surface area contributed by atoms with Crippen LogP contribution in [0.4, 0.5) is 5.69 Å². The molecule has 0 aliphatic rings. The minimum atomic E-state index is 0.624. The highest BCUT2D eigenvalue weighted by atomic mass is 127. The number of hydrogen-bond donors (Lipinski definition) is 1. The number of para-hydroxylation sites is 1. The molecule has 0 saturated carbocycles. The highest BCUT2D eigenvalue weighted by molar-refractivity contribution is 14.1. The molecule has 0 aliphatic carbocycles. The van der Waals surface area contributed by atoms with Gasteiger partial charge in [0.25, 0.3) is 0 Å². The normalized spacial score (nSPS) is 9.74. The fraction of sp³-hybridized carbons (Fsp3) is 0.133. The molecule has 0 spiro atoms. The number of hydrogen-bond acceptors (Lipinski definition) is 3. The van der Waals surface area contributed by atoms with Crippen molar-refractivity contribution in [3.8, 4) is 11.8 Å². The highest BCUT2D eigenvalue weighted by Crippen LogP contribution is 2.23. The van der Waals surface area contributed by atoms with E-state index < -0.39 is 0 Å². The van der Waals surface area contributed by atoms with Crippen LogP contribution in [0.15, 0.2) is 42.5 Å². The van der Waals surface area contributed by atoms with Gasteiger partial charge in [0, 0.05) is 21.4 Å². The fourth-order valence-electron chi connectivity index (χ4n) is 1.78. The van der Waals surface area contributed by atoms with Gasteiger partial charge >= 0.3 is 0 Å². The molecule has 0 aliphatic heterocycles. The van der Waals surface area contributed by atoms with Gasteiger partial charge in [-0.05, 0) is 52.9 Å². The summed E-state index contributed by atoms with van der Waals surface area (Å²) in [7, 11) is 1.64. The molecule has 0 atom stereocenters. The summed E-state index contributed by atoms with van der Waals surface area (Å²) >= 11 is 2.29. The Morgan fingerprint density at radius 3 is 2.74 bits per heavy atom. The van der Waals surface area contributed by atoms with Gasteiger partial charge in [0.2, 0.25) is 0 Å². The van der Waals surface area contributed by atoms with Crippen molar-refractivity contribution in [1.82, 2.24) is 0 Å². The van der Waals surface area contributed by atoms with E-state index in [4.69, 9.17) is 10.00 Å². The molecule has 2 aromatic carbocycles. The Morgan fingerprint density at radius 2 is 2.05 bits per heavy atom. The first kappa shape index (κ1) is 13.7. The van der Waals surface area contributed by atoms with Gasteiger partial charge in [-0.2, -0.15) is 5.26 Å². The quantitative estimate of drug-likeness (QED) is 0.840. The molecule has 0 bridgehead atoms. The van der Waals surface area contributed by atoms with E-state index in [9.17, 15) is 0 Å². The van der Waals surface area contributed by atoms with Crippen LogP contribution in [0.3, 0.4) is 0 Å². The van der Waals surface area contributed by atoms with E-state index in [1.807, 2.05) is 36.4 Å². The van der Waals surface area contributed by atoms with Gasteiger partial charge in [-0.15, -0.1) is 0 Å². The van der Waals surface area contributed by atoms with Crippen molar-refractivity contribution in [2.75, 3.05) is 12.4 Å². The minimum Gasteiger partial charge on any atom is -0.496 e. The van der Waals surface area contributed by atoms with Gasteiger partial charge in [-0.3, -0.25) is 0 Å². The highest BCUT2D eigenvalue weighted by Gasteiger charge is 2.05. The molecule has 0 aromatic heterocycles. The SMILES string of the molecule is COc1ccc(C#N)cc1CNc1ccccc1I. The molecule has 0 radical (unpaired) electrons. The first-order chi connectivity index (χ1) is 9.24. The molecule has 2 rings (SSSR count). The number of methoxy groups -OCH3 is 1. The van der Waals surface area contributed by atoms with E-state index in [1.54, 1.807) is 13.2 Å². The van der Waals surface area contributed by atoms with Gasteiger partial charge in [0.15, 0.2) is 0 Å². The molecule has 4 heteroatoms. The summed E-state index contributed by atoms with van der Waals surface area (Å²) in [6.45, 7) is 0.624. The van der Waals surface area contributed by atoms with Crippen LogP contribution in [0.2, 0.25) is 0 Å². The summed E-state index contributed by atoms with van der Waals surface area (Å²) in [4.78, 5) is 0. The summed E-state index contributed by atoms with van der Waals surface area (Å²) < 4.78 is 6.47. The predicted octanol–water partition coefficient (Wildman–Crippen LogP) is 3.78. The van der Waals surface area contributed by atoms with Crippen molar-refractivity contribution in [2.45, 2.75) is 6.54 Å². The van der Waals surface area contributed by atoms with Gasteiger partial charge < -0.3 is 10.1 Å². The van der Waals surface area contributed by atoms with Crippen molar-refractivity contribution in [1.29, 1.82) is 5.26 Å². The molecule has 19 heavy (non-hydrogen) atoms. The van der Waals surface area contributed by atoms with Gasteiger partial charge in [0.1, 0.15) is 5.75 Å². The van der Waals surface area contributed by atoms with Crippen LogP contribution in [-0.4, -0.2) is 7.11 Å². The lowest BCUT2D eigenvalue weighted by atomic mass is 10.1. The summed E-state index contributed by atoms with van der Waals surface area (Å²) in [5.41, 5.74) is 2.69. The second-order valence-electron chi connectivity index (χ2n) is 3.97. The van der Waals surface area contributed by atoms with Crippen LogP contribution in [0.5, 0.6) is 5.75 Å². The lowest BCUT2D eigenvalue weighted by Crippen LogP contribution is -2.03. The van der Waals surface area contributed by atoms with Crippen LogP contribution in [0.1, 0.15) is 11.1 Å². The second-order valence-corrected chi connectivity index (χ2v) is 5.13. The Labute approximate surface area is 126 Å². The van der Waals surface area contributed by atoms with Crippen molar-refractivity contribution in [3.63, 3.8) is 0 Å². The maximum atomic E-state index is 8.94. The molecule has 0 unspecified atom stereocenters. The largest absolute Gasteiger partial charge is 0.496 e. The van der Waals surface area contributed by atoms with E-state index in [2.05, 4.69) is 34.0 Å². The van der Waals surface area contributed by atoms with Crippen molar-refractivity contribution in [2.24, 2.45) is 0 Å². The van der Waals surface area contributed by atoms with Gasteiger partial charge in [-0.1, -0.05) is 12.1 Å². The van der Waals surface area contributed by atoms with Crippen molar-refractivity contribution in [3.05, 3.63) is 57.2 Å². The molecule has 3 nitrogen and oxygen atoms in total. The number of anilines is 1. The molecule has 1 N–H and O–H groups in total. The van der Waals surface area contributed by atoms with E-state index >= 15 is 0 Å². The number of nitrogens with one attached hydrogen (secondary N) is 1. The minimum absolute atomic E-state index is 0.624. The number of ether oxygens (including phenoxy) is 1. The lowest BCUT2D eigenvalue weighted by Gasteiger charge is -2.12. The molecule has 0 amide bonds. The summed E-state index contributed by atoms with van der Waals surface area (Å²) in [6.07, 6.45) is 0. The van der Waals surface area contributed by atoms with Crippen LogP contribution in [0, 0.1) is 14.9 Å². The Kier molecular flexibility index (Phi) is 4.63. The van der Waals surface area contributed by atoms with Crippen LogP contribution in [-0.2, 0) is 6.54 Å². The summed E-state index contributed by atoms with van der Waals surface area (Å²) in [5, 5.41) is 12.3. The number of nitriles is 1. The molecule has 0 heterocycles. The van der Waals surface area contributed by atoms with E-state index in [0.717, 1.165) is 20.6 Å². The van der Waals surface area contributed by atoms with Crippen molar-refractivity contribution < 1.29 is 4.74 Å². The van der Waals surface area contributed by atoms with Crippen LogP contribution < -0.4 is 10.1 Å². The van der Waals surface area contributed by atoms with E-state index in [0.29, 0.717) is 12.1 Å². The molecule has 96 valence electrons. The first-order valence-corrected chi connectivity index (χ1v) is 6.88. The topological polar surface area (TPSA) is 45.0 Å². The van der Waals surface area contributed by atoms with E-state index in [1.165, 1.54) is 0 Å². The van der Waals surface area contributed by atoms with E-state index in [-0.39, 0.29) is 0 Å². The molecular formula is C15H13IN2O. The number of benzene rings is 2. The third-order valence-corrected chi connectivity index (χ3v) is 3.69. The van der Waals surface area contributed by atoms with Gasteiger partial charge in [-0.25, -0.2) is 0 Å². The number of nitrogens with zero attached hydrogens (tertiary/aromatic N) is 1. The predicted molar refractivity (Wildman–Crippen MR) is 84.2 cm³/mol. The molecule has 0 saturated heterocycles. The average molecular weight is 364 g/mol. The number of rotatable bonds is 4. The van der Waals surface area contributed by atoms with Crippen LogP contribution >= 0.6 is 22.6 Å². The zero-order valence-electron chi connectivity index (χ0n) is 10.5. The average Bonchev–Trinajstić information content (AvgIpc) is 2.46.